The first-order valence-electron chi connectivity index (χ1n) is 4.82. The van der Waals surface area contributed by atoms with Crippen molar-refractivity contribution in [2.24, 2.45) is 5.73 Å². The zero-order chi connectivity index (χ0) is 10.8. The lowest BCUT2D eigenvalue weighted by Gasteiger charge is -2.07. The predicted molar refractivity (Wildman–Crippen MR) is 56.4 cm³/mol. The molecule has 1 heterocycles. The molecule has 1 aliphatic heterocycles. The first-order chi connectivity index (χ1) is 7.16. The minimum Gasteiger partial charge on any atom is -0.375 e. The number of anilines is 1. The number of amides is 1. The van der Waals surface area contributed by atoms with E-state index in [9.17, 15) is 9.59 Å². The van der Waals surface area contributed by atoms with Crippen molar-refractivity contribution in [3.05, 3.63) is 29.8 Å². The molecule has 0 bridgehead atoms. The van der Waals surface area contributed by atoms with Crippen molar-refractivity contribution in [2.45, 2.75) is 18.9 Å². The Morgan fingerprint density at radius 3 is 2.80 bits per heavy atom. The molecular weight excluding hydrogens is 192 g/mol. The van der Waals surface area contributed by atoms with Gasteiger partial charge < -0.3 is 11.1 Å². The first kappa shape index (κ1) is 9.71. The molecule has 1 aromatic rings. The number of Topliss-reactive ketones (excluding diaryl/α,β-unsaturated/α-hetero) is 1. The smallest absolute Gasteiger partial charge is 0.224 e. The van der Waals surface area contributed by atoms with Crippen molar-refractivity contribution < 1.29 is 9.59 Å². The van der Waals surface area contributed by atoms with Gasteiger partial charge in [0.05, 0.1) is 12.5 Å². The number of hydrogen-bond acceptors (Lipinski definition) is 3. The number of carbonyl (C=O) groups is 2. The topological polar surface area (TPSA) is 72.2 Å². The van der Waals surface area contributed by atoms with E-state index in [-0.39, 0.29) is 18.2 Å². The van der Waals surface area contributed by atoms with Gasteiger partial charge in [0.2, 0.25) is 5.91 Å². The number of carbonyl (C=O) groups excluding carboxylic acids is 2. The number of fused-ring (bicyclic) bond motifs is 1. The normalized spacial score (nSPS) is 18.0. The highest BCUT2D eigenvalue weighted by atomic mass is 16.2. The van der Waals surface area contributed by atoms with Gasteiger partial charge in [-0.3, -0.25) is 9.59 Å². The largest absolute Gasteiger partial charge is 0.375 e. The summed E-state index contributed by atoms with van der Waals surface area (Å²) in [5.41, 5.74) is 7.06. The highest BCUT2D eigenvalue weighted by Gasteiger charge is 2.26. The summed E-state index contributed by atoms with van der Waals surface area (Å²) in [5.74, 6) is -0.712. The Morgan fingerprint density at radius 1 is 1.40 bits per heavy atom. The van der Waals surface area contributed by atoms with Crippen molar-refractivity contribution >= 4 is 17.4 Å². The lowest BCUT2D eigenvalue weighted by molar-refractivity contribution is -0.126. The van der Waals surface area contributed by atoms with Crippen LogP contribution in [0, 0.1) is 0 Å². The van der Waals surface area contributed by atoms with Crippen LogP contribution in [0.4, 0.5) is 5.69 Å². The molecule has 4 nitrogen and oxygen atoms in total. The fraction of sp³-hybridized carbons (Fsp3) is 0.273. The molecule has 1 aromatic carbocycles. The Morgan fingerprint density at radius 2 is 2.13 bits per heavy atom. The average molecular weight is 204 g/mol. The fourth-order valence-electron chi connectivity index (χ4n) is 1.79. The number of ketones is 1. The molecular formula is C11H12N2O2. The molecule has 0 fully saturated rings. The van der Waals surface area contributed by atoms with Gasteiger partial charge >= 0.3 is 0 Å². The number of rotatable bonds is 3. The Bertz CT molecular complexity index is 390. The summed E-state index contributed by atoms with van der Waals surface area (Å²) in [5, 5.41) is 3.08. The predicted octanol–water partition coefficient (Wildman–Crippen LogP) is 0.468. The van der Waals surface area contributed by atoms with E-state index in [2.05, 4.69) is 5.32 Å². The van der Waals surface area contributed by atoms with Gasteiger partial charge in [0.25, 0.3) is 0 Å². The van der Waals surface area contributed by atoms with E-state index in [4.69, 9.17) is 5.73 Å². The van der Waals surface area contributed by atoms with E-state index < -0.39 is 5.91 Å². The monoisotopic (exact) mass is 204 g/mol. The molecule has 1 aliphatic rings. The molecule has 1 unspecified atom stereocenters. The Labute approximate surface area is 87.5 Å². The Balaban J connectivity index is 2.07. The second kappa shape index (κ2) is 3.73. The Kier molecular flexibility index (Phi) is 2.41. The molecule has 2 rings (SSSR count). The molecule has 15 heavy (non-hydrogen) atoms. The molecule has 3 N–H and O–H groups in total. The molecule has 1 amide bonds. The summed E-state index contributed by atoms with van der Waals surface area (Å²) >= 11 is 0. The third-order valence-corrected chi connectivity index (χ3v) is 2.51. The van der Waals surface area contributed by atoms with E-state index >= 15 is 0 Å². The van der Waals surface area contributed by atoms with Crippen LogP contribution < -0.4 is 11.1 Å². The fourth-order valence-corrected chi connectivity index (χ4v) is 1.79. The number of nitrogens with two attached hydrogens (primary N) is 1. The van der Waals surface area contributed by atoms with Crippen LogP contribution in [0.2, 0.25) is 0 Å². The highest BCUT2D eigenvalue weighted by Crippen LogP contribution is 2.25. The molecule has 1 atom stereocenters. The van der Waals surface area contributed by atoms with Crippen LogP contribution in [-0.2, 0) is 16.0 Å². The van der Waals surface area contributed by atoms with Gasteiger partial charge in [-0.2, -0.15) is 0 Å². The van der Waals surface area contributed by atoms with Crippen LogP contribution in [0.15, 0.2) is 24.3 Å². The van der Waals surface area contributed by atoms with Gasteiger partial charge in [-0.05, 0) is 11.6 Å². The second-order valence-electron chi connectivity index (χ2n) is 3.67. The quantitative estimate of drug-likeness (QED) is 0.703. The first-order valence-corrected chi connectivity index (χ1v) is 4.82. The molecule has 78 valence electrons. The minimum absolute atomic E-state index is 0.140. The van der Waals surface area contributed by atoms with Gasteiger partial charge in [-0.25, -0.2) is 0 Å². The van der Waals surface area contributed by atoms with Crippen LogP contribution in [-0.4, -0.2) is 17.7 Å². The summed E-state index contributed by atoms with van der Waals surface area (Å²) in [7, 11) is 0. The zero-order valence-corrected chi connectivity index (χ0v) is 8.19. The lowest BCUT2D eigenvalue weighted by Crippen LogP contribution is -2.30. The van der Waals surface area contributed by atoms with Crippen molar-refractivity contribution in [3.63, 3.8) is 0 Å². The number of primary amides is 1. The number of para-hydroxylation sites is 1. The Hall–Kier alpha value is -1.84. The van der Waals surface area contributed by atoms with Gasteiger partial charge in [0, 0.05) is 12.1 Å². The summed E-state index contributed by atoms with van der Waals surface area (Å²) < 4.78 is 0. The van der Waals surface area contributed by atoms with Gasteiger partial charge in [-0.1, -0.05) is 18.2 Å². The molecule has 0 saturated carbocycles. The number of nitrogens with one attached hydrogen (secondary N) is 1. The summed E-state index contributed by atoms with van der Waals surface area (Å²) in [4.78, 5) is 22.2. The molecule has 0 saturated heterocycles. The van der Waals surface area contributed by atoms with Crippen LogP contribution in [0.1, 0.15) is 12.0 Å². The van der Waals surface area contributed by atoms with Crippen LogP contribution in [0.5, 0.6) is 0 Å². The van der Waals surface area contributed by atoms with Gasteiger partial charge in [-0.15, -0.1) is 0 Å². The summed E-state index contributed by atoms with van der Waals surface area (Å²) in [6.07, 6.45) is 0.452. The van der Waals surface area contributed by atoms with E-state index in [1.807, 2.05) is 24.3 Å². The standard InChI is InChI=1S/C11H12N2O2/c12-11(15)6-10(14)9-5-7-3-1-2-4-8(7)13-9/h1-4,9,13H,5-6H2,(H2,12,15). The molecule has 0 spiro atoms. The second-order valence-corrected chi connectivity index (χ2v) is 3.67. The van der Waals surface area contributed by atoms with E-state index in [1.54, 1.807) is 0 Å². The molecule has 4 heteroatoms. The highest BCUT2D eigenvalue weighted by molar-refractivity contribution is 6.01. The number of benzene rings is 1. The SMILES string of the molecule is NC(=O)CC(=O)C1Cc2ccccc2N1. The van der Waals surface area contributed by atoms with Crippen LogP contribution >= 0.6 is 0 Å². The van der Waals surface area contributed by atoms with Gasteiger partial charge in [0.15, 0.2) is 5.78 Å². The zero-order valence-electron chi connectivity index (χ0n) is 8.19. The van der Waals surface area contributed by atoms with Crippen molar-refractivity contribution in [1.29, 1.82) is 0 Å². The maximum Gasteiger partial charge on any atom is 0.224 e. The van der Waals surface area contributed by atoms with Crippen LogP contribution in [0.25, 0.3) is 0 Å². The summed E-state index contributed by atoms with van der Waals surface area (Å²) in [6, 6.07) is 7.44. The van der Waals surface area contributed by atoms with E-state index in [0.29, 0.717) is 6.42 Å². The maximum atomic E-state index is 11.6. The molecule has 0 aromatic heterocycles. The van der Waals surface area contributed by atoms with Crippen LogP contribution in [0.3, 0.4) is 0 Å². The minimum atomic E-state index is -0.572. The molecule has 0 aliphatic carbocycles. The van der Waals surface area contributed by atoms with Gasteiger partial charge in [0.1, 0.15) is 0 Å². The summed E-state index contributed by atoms with van der Waals surface area (Å²) in [6.45, 7) is 0. The average Bonchev–Trinajstić information content (AvgIpc) is 2.59. The van der Waals surface area contributed by atoms with E-state index in [0.717, 1.165) is 11.3 Å². The van der Waals surface area contributed by atoms with E-state index in [1.165, 1.54) is 0 Å². The third-order valence-electron chi connectivity index (χ3n) is 2.51. The molecule has 0 radical (unpaired) electrons. The van der Waals surface area contributed by atoms with Crippen molar-refractivity contribution in [1.82, 2.24) is 0 Å². The van der Waals surface area contributed by atoms with Crippen molar-refractivity contribution in [3.8, 4) is 0 Å². The lowest BCUT2D eigenvalue weighted by atomic mass is 10.1. The number of hydrogen-bond donors (Lipinski definition) is 2. The third kappa shape index (κ3) is 1.98. The van der Waals surface area contributed by atoms with Crippen molar-refractivity contribution in [2.75, 3.05) is 5.32 Å². The maximum absolute atomic E-state index is 11.6.